The van der Waals surface area contributed by atoms with Crippen LogP contribution in [0.4, 0.5) is 0 Å². The van der Waals surface area contributed by atoms with Crippen molar-refractivity contribution in [3.05, 3.63) is 59.7 Å². The fraction of sp³-hybridized carbons (Fsp3) is 0.188. The van der Waals surface area contributed by atoms with Gasteiger partial charge in [-0.2, -0.15) is 0 Å². The zero-order chi connectivity index (χ0) is 13.7. The Morgan fingerprint density at radius 1 is 1.05 bits per heavy atom. The van der Waals surface area contributed by atoms with Crippen LogP contribution in [-0.4, -0.2) is 18.6 Å². The van der Waals surface area contributed by atoms with Gasteiger partial charge in [-0.05, 0) is 37.4 Å². The number of hydrogen-bond donors (Lipinski definition) is 0. The molecule has 0 aliphatic heterocycles. The first kappa shape index (κ1) is 13.7. The fourth-order valence-corrected chi connectivity index (χ4v) is 2.51. The van der Waals surface area contributed by atoms with Gasteiger partial charge in [-0.25, -0.2) is 0 Å². The number of benzene rings is 2. The summed E-state index contributed by atoms with van der Waals surface area (Å²) in [7, 11) is 0. The second-order valence-corrected chi connectivity index (χ2v) is 4.81. The highest BCUT2D eigenvalue weighted by Crippen LogP contribution is 2.26. The summed E-state index contributed by atoms with van der Waals surface area (Å²) in [5.74, 6) is 0.653. The van der Waals surface area contributed by atoms with E-state index < -0.39 is 0 Å². The Balaban J connectivity index is 2.44. The number of carbonyl (C=O) groups is 1. The maximum atomic E-state index is 12.6. The summed E-state index contributed by atoms with van der Waals surface area (Å²) in [4.78, 5) is 13.6. The van der Waals surface area contributed by atoms with Crippen molar-refractivity contribution in [2.45, 2.75) is 11.8 Å². The van der Waals surface area contributed by atoms with Crippen LogP contribution >= 0.6 is 11.8 Å². The molecule has 98 valence electrons. The highest BCUT2D eigenvalue weighted by atomic mass is 32.2. The lowest BCUT2D eigenvalue weighted by molar-refractivity contribution is 0.103. The molecule has 0 N–H and O–H groups in total. The lowest BCUT2D eigenvalue weighted by Crippen LogP contribution is -2.06. The molecule has 0 bridgehead atoms. The number of para-hydroxylation sites is 1. The van der Waals surface area contributed by atoms with E-state index in [0.717, 1.165) is 10.5 Å². The average molecular weight is 272 g/mol. The molecule has 0 saturated heterocycles. The van der Waals surface area contributed by atoms with E-state index in [0.29, 0.717) is 17.9 Å². The van der Waals surface area contributed by atoms with E-state index in [9.17, 15) is 4.79 Å². The van der Waals surface area contributed by atoms with Crippen molar-refractivity contribution in [3.63, 3.8) is 0 Å². The van der Waals surface area contributed by atoms with E-state index in [2.05, 4.69) is 0 Å². The SMILES string of the molecule is CCOc1ccccc1C(=O)c1ccccc1SC. The zero-order valence-corrected chi connectivity index (χ0v) is 11.9. The summed E-state index contributed by atoms with van der Waals surface area (Å²) >= 11 is 1.58. The molecule has 0 unspecified atom stereocenters. The van der Waals surface area contributed by atoms with Crippen LogP contribution in [0, 0.1) is 0 Å². The normalized spacial score (nSPS) is 10.2. The maximum absolute atomic E-state index is 12.6. The van der Waals surface area contributed by atoms with E-state index in [1.807, 2.05) is 61.7 Å². The lowest BCUT2D eigenvalue weighted by atomic mass is 10.0. The summed E-state index contributed by atoms with van der Waals surface area (Å²) in [6, 6.07) is 15.0. The smallest absolute Gasteiger partial charge is 0.197 e. The molecule has 0 aliphatic rings. The molecule has 0 aliphatic carbocycles. The number of ether oxygens (including phenoxy) is 1. The van der Waals surface area contributed by atoms with Crippen molar-refractivity contribution < 1.29 is 9.53 Å². The largest absolute Gasteiger partial charge is 0.493 e. The van der Waals surface area contributed by atoms with Crippen LogP contribution in [0.25, 0.3) is 0 Å². The number of thioether (sulfide) groups is 1. The standard InChI is InChI=1S/C16H16O2S/c1-3-18-14-10-6-4-8-12(14)16(17)13-9-5-7-11-15(13)19-2/h4-11H,3H2,1-2H3. The molecule has 0 atom stereocenters. The molecule has 0 heterocycles. The maximum Gasteiger partial charge on any atom is 0.197 e. The second kappa shape index (κ2) is 6.43. The molecule has 2 aromatic carbocycles. The highest BCUT2D eigenvalue weighted by molar-refractivity contribution is 7.98. The summed E-state index contributed by atoms with van der Waals surface area (Å²) in [5, 5.41) is 0. The Morgan fingerprint density at radius 2 is 1.68 bits per heavy atom. The van der Waals surface area contributed by atoms with Crippen LogP contribution < -0.4 is 4.74 Å². The molecule has 0 spiro atoms. The molecule has 2 nitrogen and oxygen atoms in total. The van der Waals surface area contributed by atoms with Crippen molar-refractivity contribution in [1.29, 1.82) is 0 Å². The van der Waals surface area contributed by atoms with Crippen molar-refractivity contribution in [2.75, 3.05) is 12.9 Å². The van der Waals surface area contributed by atoms with Gasteiger partial charge in [-0.1, -0.05) is 24.3 Å². The van der Waals surface area contributed by atoms with Gasteiger partial charge in [0, 0.05) is 10.5 Å². The molecule has 2 aromatic rings. The first-order chi connectivity index (χ1) is 9.27. The lowest BCUT2D eigenvalue weighted by Gasteiger charge is -2.10. The van der Waals surface area contributed by atoms with Crippen LogP contribution in [0.3, 0.4) is 0 Å². The Morgan fingerprint density at radius 3 is 2.37 bits per heavy atom. The van der Waals surface area contributed by atoms with Gasteiger partial charge in [0.1, 0.15) is 5.75 Å². The molecule has 0 saturated carbocycles. The fourth-order valence-electron chi connectivity index (χ4n) is 1.91. The van der Waals surface area contributed by atoms with Crippen molar-refractivity contribution in [2.24, 2.45) is 0 Å². The summed E-state index contributed by atoms with van der Waals surface area (Å²) in [6.07, 6.45) is 1.97. The van der Waals surface area contributed by atoms with Crippen LogP contribution in [0.2, 0.25) is 0 Å². The Labute approximate surface area is 117 Å². The van der Waals surface area contributed by atoms with E-state index >= 15 is 0 Å². The molecule has 0 amide bonds. The number of carbonyl (C=O) groups excluding carboxylic acids is 1. The van der Waals surface area contributed by atoms with E-state index in [4.69, 9.17) is 4.74 Å². The van der Waals surface area contributed by atoms with E-state index in [-0.39, 0.29) is 5.78 Å². The number of rotatable bonds is 5. The van der Waals surface area contributed by atoms with Gasteiger partial charge in [0.25, 0.3) is 0 Å². The topological polar surface area (TPSA) is 26.3 Å². The van der Waals surface area contributed by atoms with Gasteiger partial charge >= 0.3 is 0 Å². The monoisotopic (exact) mass is 272 g/mol. The van der Waals surface area contributed by atoms with Gasteiger partial charge < -0.3 is 4.74 Å². The Bertz CT molecular complexity index is 578. The van der Waals surface area contributed by atoms with Crippen LogP contribution in [0.15, 0.2) is 53.4 Å². The molecule has 0 aromatic heterocycles. The van der Waals surface area contributed by atoms with Gasteiger partial charge in [0.2, 0.25) is 0 Å². The minimum atomic E-state index is 0.00833. The predicted octanol–water partition coefficient (Wildman–Crippen LogP) is 4.04. The van der Waals surface area contributed by atoms with Gasteiger partial charge in [0.15, 0.2) is 5.78 Å². The molecule has 0 radical (unpaired) electrons. The van der Waals surface area contributed by atoms with Crippen molar-refractivity contribution in [3.8, 4) is 5.75 Å². The number of hydrogen-bond acceptors (Lipinski definition) is 3. The zero-order valence-electron chi connectivity index (χ0n) is 11.1. The number of ketones is 1. The minimum Gasteiger partial charge on any atom is -0.493 e. The Kier molecular flexibility index (Phi) is 4.63. The molecule has 3 heteroatoms. The Hall–Kier alpha value is -1.74. The quantitative estimate of drug-likeness (QED) is 0.607. The summed E-state index contributed by atoms with van der Waals surface area (Å²) in [6.45, 7) is 2.46. The third-order valence-electron chi connectivity index (χ3n) is 2.78. The van der Waals surface area contributed by atoms with Crippen molar-refractivity contribution >= 4 is 17.5 Å². The third-order valence-corrected chi connectivity index (χ3v) is 3.58. The van der Waals surface area contributed by atoms with E-state index in [1.165, 1.54) is 0 Å². The molecule has 2 rings (SSSR count). The first-order valence-electron chi connectivity index (χ1n) is 6.17. The highest BCUT2D eigenvalue weighted by Gasteiger charge is 2.16. The van der Waals surface area contributed by atoms with Gasteiger partial charge in [-0.3, -0.25) is 4.79 Å². The van der Waals surface area contributed by atoms with Crippen LogP contribution in [0.1, 0.15) is 22.8 Å². The van der Waals surface area contributed by atoms with Crippen LogP contribution in [0.5, 0.6) is 5.75 Å². The third kappa shape index (κ3) is 2.99. The first-order valence-corrected chi connectivity index (χ1v) is 7.40. The molecular formula is C16H16O2S. The van der Waals surface area contributed by atoms with E-state index in [1.54, 1.807) is 11.8 Å². The molecule has 0 fully saturated rings. The predicted molar refractivity (Wildman–Crippen MR) is 79.3 cm³/mol. The minimum absolute atomic E-state index is 0.00833. The summed E-state index contributed by atoms with van der Waals surface area (Å²) in [5.41, 5.74) is 1.34. The van der Waals surface area contributed by atoms with Gasteiger partial charge in [0.05, 0.1) is 12.2 Å². The second-order valence-electron chi connectivity index (χ2n) is 3.96. The summed E-state index contributed by atoms with van der Waals surface area (Å²) < 4.78 is 5.53. The molecular weight excluding hydrogens is 256 g/mol. The average Bonchev–Trinajstić information content (AvgIpc) is 2.47. The van der Waals surface area contributed by atoms with Crippen LogP contribution in [-0.2, 0) is 0 Å². The van der Waals surface area contributed by atoms with Crippen molar-refractivity contribution in [1.82, 2.24) is 0 Å². The molecule has 19 heavy (non-hydrogen) atoms. The van der Waals surface area contributed by atoms with Gasteiger partial charge in [-0.15, -0.1) is 11.8 Å².